The zero-order valence-electron chi connectivity index (χ0n) is 17.5. The van der Waals surface area contributed by atoms with E-state index in [1.54, 1.807) is 36.1 Å². The van der Waals surface area contributed by atoms with Crippen molar-refractivity contribution in [2.45, 2.75) is 31.6 Å². The summed E-state index contributed by atoms with van der Waals surface area (Å²) in [6.45, 7) is 4.23. The molecule has 0 fully saturated rings. The second kappa shape index (κ2) is 10.6. The van der Waals surface area contributed by atoms with E-state index in [4.69, 9.17) is 4.74 Å². The van der Waals surface area contributed by atoms with Gasteiger partial charge in [0.2, 0.25) is 11.1 Å². The van der Waals surface area contributed by atoms with Gasteiger partial charge in [-0.15, -0.1) is 5.10 Å². The number of nitrogens with zero attached hydrogens (tertiary/aromatic N) is 4. The fourth-order valence-corrected chi connectivity index (χ4v) is 3.43. The van der Waals surface area contributed by atoms with Gasteiger partial charge in [-0.3, -0.25) is 9.59 Å². The standard InChI is InChI=1S/C21H24N6O3S/c1-14(2)22-20(29)17-6-4-5-7-18(17)23-19(28)13-31-21-24-25-26-27(21)12-15-8-10-16(30-3)11-9-15/h4-11,14H,12-13H2,1-3H3,(H,22,29)(H,23,28). The average Bonchev–Trinajstić information content (AvgIpc) is 3.19. The van der Waals surface area contributed by atoms with Gasteiger partial charge in [-0.05, 0) is 54.1 Å². The van der Waals surface area contributed by atoms with E-state index >= 15 is 0 Å². The van der Waals surface area contributed by atoms with E-state index in [2.05, 4.69) is 26.2 Å². The molecule has 0 saturated heterocycles. The van der Waals surface area contributed by atoms with Crippen molar-refractivity contribution < 1.29 is 14.3 Å². The van der Waals surface area contributed by atoms with Gasteiger partial charge < -0.3 is 15.4 Å². The lowest BCUT2D eigenvalue weighted by molar-refractivity contribution is -0.113. The molecule has 0 saturated carbocycles. The van der Waals surface area contributed by atoms with Crippen LogP contribution in [0.25, 0.3) is 0 Å². The van der Waals surface area contributed by atoms with Gasteiger partial charge in [-0.1, -0.05) is 36.0 Å². The van der Waals surface area contributed by atoms with E-state index in [0.717, 1.165) is 11.3 Å². The number of ether oxygens (including phenoxy) is 1. The Morgan fingerprint density at radius 2 is 1.87 bits per heavy atom. The van der Waals surface area contributed by atoms with Crippen LogP contribution in [0.1, 0.15) is 29.8 Å². The molecule has 0 atom stereocenters. The number of nitrogens with one attached hydrogen (secondary N) is 2. The number of methoxy groups -OCH3 is 1. The molecule has 31 heavy (non-hydrogen) atoms. The third-order valence-electron chi connectivity index (χ3n) is 4.19. The van der Waals surface area contributed by atoms with Crippen molar-refractivity contribution in [3.8, 4) is 5.75 Å². The smallest absolute Gasteiger partial charge is 0.253 e. The largest absolute Gasteiger partial charge is 0.497 e. The Balaban J connectivity index is 1.60. The van der Waals surface area contributed by atoms with Crippen LogP contribution >= 0.6 is 11.8 Å². The zero-order valence-corrected chi connectivity index (χ0v) is 18.3. The van der Waals surface area contributed by atoms with Gasteiger partial charge in [0.25, 0.3) is 5.91 Å². The molecule has 3 aromatic rings. The van der Waals surface area contributed by atoms with Crippen molar-refractivity contribution >= 4 is 29.3 Å². The summed E-state index contributed by atoms with van der Waals surface area (Å²) >= 11 is 1.22. The molecular weight excluding hydrogens is 416 g/mol. The molecule has 1 aromatic heterocycles. The van der Waals surface area contributed by atoms with Crippen LogP contribution in [-0.4, -0.2) is 50.9 Å². The Morgan fingerprint density at radius 3 is 2.58 bits per heavy atom. The Bertz CT molecular complexity index is 1040. The molecule has 0 aliphatic heterocycles. The number of aromatic nitrogens is 4. The van der Waals surface area contributed by atoms with Crippen molar-refractivity contribution in [3.05, 3.63) is 59.7 Å². The number of para-hydroxylation sites is 1. The zero-order chi connectivity index (χ0) is 22.2. The van der Waals surface area contributed by atoms with Gasteiger partial charge in [-0.2, -0.15) is 0 Å². The summed E-state index contributed by atoms with van der Waals surface area (Å²) in [5, 5.41) is 17.9. The second-order valence-corrected chi connectivity index (χ2v) is 7.92. The molecule has 2 amide bonds. The molecule has 0 aliphatic carbocycles. The van der Waals surface area contributed by atoms with Crippen LogP contribution in [0.3, 0.4) is 0 Å². The van der Waals surface area contributed by atoms with Crippen molar-refractivity contribution in [1.82, 2.24) is 25.5 Å². The second-order valence-electron chi connectivity index (χ2n) is 6.98. The Labute approximate surface area is 184 Å². The maximum Gasteiger partial charge on any atom is 0.253 e. The van der Waals surface area contributed by atoms with E-state index in [0.29, 0.717) is 23.0 Å². The first kappa shape index (κ1) is 22.3. The molecule has 0 aliphatic rings. The molecule has 0 spiro atoms. The number of amides is 2. The quantitative estimate of drug-likeness (QED) is 0.492. The molecule has 0 radical (unpaired) electrons. The van der Waals surface area contributed by atoms with Crippen molar-refractivity contribution in [3.63, 3.8) is 0 Å². The minimum atomic E-state index is -0.256. The third kappa shape index (κ3) is 6.29. The summed E-state index contributed by atoms with van der Waals surface area (Å²) in [5.74, 6) is 0.383. The fraction of sp³-hybridized carbons (Fsp3) is 0.286. The van der Waals surface area contributed by atoms with Crippen LogP contribution in [0.4, 0.5) is 5.69 Å². The number of hydrogen-bond acceptors (Lipinski definition) is 7. The highest BCUT2D eigenvalue weighted by Gasteiger charge is 2.15. The minimum Gasteiger partial charge on any atom is -0.497 e. The predicted molar refractivity (Wildman–Crippen MR) is 118 cm³/mol. The lowest BCUT2D eigenvalue weighted by Gasteiger charge is -2.13. The predicted octanol–water partition coefficient (Wildman–Crippen LogP) is 2.60. The molecule has 162 valence electrons. The number of anilines is 1. The first-order valence-electron chi connectivity index (χ1n) is 9.68. The number of rotatable bonds is 9. The van der Waals surface area contributed by atoms with Gasteiger partial charge in [0.15, 0.2) is 0 Å². The highest BCUT2D eigenvalue weighted by atomic mass is 32.2. The van der Waals surface area contributed by atoms with Gasteiger partial charge in [0.1, 0.15) is 5.75 Å². The first-order chi connectivity index (χ1) is 15.0. The number of tetrazole rings is 1. The molecule has 0 unspecified atom stereocenters. The normalized spacial score (nSPS) is 10.7. The van der Waals surface area contributed by atoms with Crippen LogP contribution in [0, 0.1) is 0 Å². The van der Waals surface area contributed by atoms with Crippen LogP contribution < -0.4 is 15.4 Å². The van der Waals surface area contributed by atoms with E-state index in [-0.39, 0.29) is 23.6 Å². The number of thioether (sulfide) groups is 1. The summed E-state index contributed by atoms with van der Waals surface area (Å²) in [5.41, 5.74) is 1.88. The summed E-state index contributed by atoms with van der Waals surface area (Å²) in [4.78, 5) is 24.8. The number of benzene rings is 2. The number of carbonyl (C=O) groups is 2. The molecule has 2 N–H and O–H groups in total. The van der Waals surface area contributed by atoms with E-state index < -0.39 is 0 Å². The average molecular weight is 441 g/mol. The molecule has 3 rings (SSSR count). The van der Waals surface area contributed by atoms with E-state index in [1.165, 1.54) is 11.8 Å². The van der Waals surface area contributed by atoms with Crippen LogP contribution in [0.2, 0.25) is 0 Å². The van der Waals surface area contributed by atoms with Gasteiger partial charge in [0, 0.05) is 6.04 Å². The summed E-state index contributed by atoms with van der Waals surface area (Å²) < 4.78 is 6.79. The lowest BCUT2D eigenvalue weighted by atomic mass is 10.1. The van der Waals surface area contributed by atoms with Crippen molar-refractivity contribution in [2.24, 2.45) is 0 Å². The Hall–Kier alpha value is -3.40. The summed E-state index contributed by atoms with van der Waals surface area (Å²) in [6, 6.07) is 14.5. The number of hydrogen-bond donors (Lipinski definition) is 2. The Morgan fingerprint density at radius 1 is 1.13 bits per heavy atom. The maximum absolute atomic E-state index is 12.5. The van der Waals surface area contributed by atoms with E-state index in [9.17, 15) is 9.59 Å². The monoisotopic (exact) mass is 440 g/mol. The minimum absolute atomic E-state index is 0.00336. The molecule has 0 bridgehead atoms. The third-order valence-corrected chi connectivity index (χ3v) is 5.15. The summed E-state index contributed by atoms with van der Waals surface area (Å²) in [7, 11) is 1.62. The highest BCUT2D eigenvalue weighted by molar-refractivity contribution is 7.99. The SMILES string of the molecule is COc1ccc(Cn2nnnc2SCC(=O)Nc2ccccc2C(=O)NC(C)C)cc1. The molecule has 9 nitrogen and oxygen atoms in total. The lowest BCUT2D eigenvalue weighted by Crippen LogP contribution is -2.31. The number of carbonyl (C=O) groups excluding carboxylic acids is 2. The molecule has 2 aromatic carbocycles. The van der Waals surface area contributed by atoms with E-state index in [1.807, 2.05) is 38.1 Å². The molecule has 1 heterocycles. The van der Waals surface area contributed by atoms with Crippen molar-refractivity contribution in [1.29, 1.82) is 0 Å². The fourth-order valence-electron chi connectivity index (χ4n) is 2.75. The Kier molecular flexibility index (Phi) is 7.60. The van der Waals surface area contributed by atoms with Crippen molar-refractivity contribution in [2.75, 3.05) is 18.2 Å². The highest BCUT2D eigenvalue weighted by Crippen LogP contribution is 2.19. The van der Waals surface area contributed by atoms with Crippen LogP contribution in [-0.2, 0) is 11.3 Å². The van der Waals surface area contributed by atoms with Crippen LogP contribution in [0.15, 0.2) is 53.7 Å². The van der Waals surface area contributed by atoms with Gasteiger partial charge >= 0.3 is 0 Å². The summed E-state index contributed by atoms with van der Waals surface area (Å²) in [6.07, 6.45) is 0. The van der Waals surface area contributed by atoms with Crippen LogP contribution in [0.5, 0.6) is 5.75 Å². The topological polar surface area (TPSA) is 111 Å². The molecular formula is C21H24N6O3S. The first-order valence-corrected chi connectivity index (χ1v) is 10.7. The van der Waals surface area contributed by atoms with Gasteiger partial charge in [0.05, 0.1) is 30.7 Å². The van der Waals surface area contributed by atoms with Gasteiger partial charge in [-0.25, -0.2) is 4.68 Å². The maximum atomic E-state index is 12.5. The molecule has 10 heteroatoms.